The Morgan fingerprint density at radius 1 is 1.63 bits per heavy atom. The number of carbonyl (C=O) groups is 1. The molecule has 0 N–H and O–H groups in total. The molecule has 0 radical (unpaired) electrons. The normalized spacial score (nSPS) is 20.2. The molecule has 1 aromatic heterocycles. The molecule has 0 saturated carbocycles. The van der Waals surface area contributed by atoms with Crippen LogP contribution in [0.2, 0.25) is 5.15 Å². The zero-order chi connectivity index (χ0) is 13.7. The molecule has 1 aromatic rings. The predicted molar refractivity (Wildman–Crippen MR) is 73.9 cm³/mol. The third-order valence-corrected chi connectivity index (χ3v) is 3.53. The highest BCUT2D eigenvalue weighted by molar-refractivity contribution is 6.29. The minimum absolute atomic E-state index is 0.00556. The second kappa shape index (κ2) is 6.87. The van der Waals surface area contributed by atoms with Gasteiger partial charge in [0.05, 0.1) is 12.5 Å². The topological polar surface area (TPSA) is 42.4 Å². The van der Waals surface area contributed by atoms with Gasteiger partial charge in [-0.05, 0) is 44.0 Å². The second-order valence-electron chi connectivity index (χ2n) is 4.81. The number of esters is 1. The summed E-state index contributed by atoms with van der Waals surface area (Å²) in [5, 5.41) is 0.511. The molecule has 104 valence electrons. The molecule has 1 fully saturated rings. The maximum absolute atomic E-state index is 11.8. The zero-order valence-corrected chi connectivity index (χ0v) is 11.9. The van der Waals surface area contributed by atoms with Gasteiger partial charge in [-0.15, -0.1) is 0 Å². The van der Waals surface area contributed by atoms with Crippen molar-refractivity contribution >= 4 is 17.6 Å². The fraction of sp³-hybridized carbons (Fsp3) is 0.571. The van der Waals surface area contributed by atoms with E-state index in [0.29, 0.717) is 11.8 Å². The standard InChI is InChI=1S/C14H19ClN2O2/c1-2-19-14(18)12-4-3-7-17(10-12)9-11-5-6-16-13(15)8-11/h5-6,8,12H,2-4,7,9-10H2,1H3/t12-/m1/s1. The van der Waals surface area contributed by atoms with Crippen molar-refractivity contribution in [3.05, 3.63) is 29.0 Å². The van der Waals surface area contributed by atoms with Gasteiger partial charge in [-0.3, -0.25) is 9.69 Å². The number of hydrogen-bond donors (Lipinski definition) is 0. The van der Waals surface area contributed by atoms with E-state index in [0.717, 1.165) is 38.0 Å². The molecule has 0 bridgehead atoms. The molecule has 2 heterocycles. The number of ether oxygens (including phenoxy) is 1. The van der Waals surface area contributed by atoms with Crippen LogP contribution in [-0.4, -0.2) is 35.5 Å². The molecule has 1 saturated heterocycles. The number of hydrogen-bond acceptors (Lipinski definition) is 4. The first kappa shape index (κ1) is 14.3. The van der Waals surface area contributed by atoms with Gasteiger partial charge in [-0.2, -0.15) is 0 Å². The minimum Gasteiger partial charge on any atom is -0.466 e. The summed E-state index contributed by atoms with van der Waals surface area (Å²) in [7, 11) is 0. The highest BCUT2D eigenvalue weighted by Crippen LogP contribution is 2.20. The van der Waals surface area contributed by atoms with Gasteiger partial charge in [-0.25, -0.2) is 4.98 Å². The van der Waals surface area contributed by atoms with E-state index in [1.54, 1.807) is 6.20 Å². The molecular formula is C14H19ClN2O2. The summed E-state index contributed by atoms with van der Waals surface area (Å²) in [5.41, 5.74) is 1.13. The molecule has 19 heavy (non-hydrogen) atoms. The van der Waals surface area contributed by atoms with Crippen molar-refractivity contribution in [2.24, 2.45) is 5.92 Å². The Balaban J connectivity index is 1.92. The second-order valence-corrected chi connectivity index (χ2v) is 5.20. The first-order valence-corrected chi connectivity index (χ1v) is 7.06. The summed E-state index contributed by atoms with van der Waals surface area (Å²) in [6, 6.07) is 3.83. The monoisotopic (exact) mass is 282 g/mol. The quantitative estimate of drug-likeness (QED) is 0.629. The van der Waals surface area contributed by atoms with Crippen LogP contribution < -0.4 is 0 Å². The van der Waals surface area contributed by atoms with Gasteiger partial charge in [0.2, 0.25) is 0 Å². The van der Waals surface area contributed by atoms with Crippen LogP contribution in [0, 0.1) is 5.92 Å². The molecule has 4 nitrogen and oxygen atoms in total. The lowest BCUT2D eigenvalue weighted by molar-refractivity contribution is -0.150. The molecule has 2 rings (SSSR count). The maximum Gasteiger partial charge on any atom is 0.310 e. The molecule has 0 aliphatic carbocycles. The first-order valence-electron chi connectivity index (χ1n) is 6.68. The molecule has 1 aliphatic heterocycles. The number of pyridine rings is 1. The van der Waals surface area contributed by atoms with Crippen molar-refractivity contribution in [3.63, 3.8) is 0 Å². The van der Waals surface area contributed by atoms with Crippen LogP contribution in [0.15, 0.2) is 18.3 Å². The molecule has 0 amide bonds. The lowest BCUT2D eigenvalue weighted by Crippen LogP contribution is -2.38. The molecular weight excluding hydrogens is 264 g/mol. The average molecular weight is 283 g/mol. The number of halogens is 1. The van der Waals surface area contributed by atoms with Crippen LogP contribution in [0.5, 0.6) is 0 Å². The van der Waals surface area contributed by atoms with Crippen LogP contribution in [-0.2, 0) is 16.1 Å². The zero-order valence-electron chi connectivity index (χ0n) is 11.1. The van der Waals surface area contributed by atoms with Crippen molar-refractivity contribution in [1.29, 1.82) is 0 Å². The fourth-order valence-corrected chi connectivity index (χ4v) is 2.65. The molecule has 1 atom stereocenters. The Bertz CT molecular complexity index is 439. The summed E-state index contributed by atoms with van der Waals surface area (Å²) >= 11 is 5.88. The average Bonchev–Trinajstić information content (AvgIpc) is 2.39. The predicted octanol–water partition coefficient (Wildman–Crippen LogP) is 2.51. The Labute approximate surface area is 118 Å². The SMILES string of the molecule is CCOC(=O)[C@@H]1CCCN(Cc2ccnc(Cl)c2)C1. The van der Waals surface area contributed by atoms with E-state index in [2.05, 4.69) is 9.88 Å². The lowest BCUT2D eigenvalue weighted by atomic mass is 9.98. The number of carbonyl (C=O) groups excluding carboxylic acids is 1. The number of piperidine rings is 1. The van der Waals surface area contributed by atoms with Gasteiger partial charge in [-0.1, -0.05) is 11.6 Å². The van der Waals surface area contributed by atoms with Crippen molar-refractivity contribution in [2.75, 3.05) is 19.7 Å². The van der Waals surface area contributed by atoms with Gasteiger partial charge in [0.15, 0.2) is 0 Å². The van der Waals surface area contributed by atoms with Crippen molar-refractivity contribution in [1.82, 2.24) is 9.88 Å². The van der Waals surface area contributed by atoms with Gasteiger partial charge in [0.1, 0.15) is 5.15 Å². The van der Waals surface area contributed by atoms with E-state index in [1.807, 2.05) is 19.1 Å². The number of nitrogens with zero attached hydrogens (tertiary/aromatic N) is 2. The van der Waals surface area contributed by atoms with E-state index in [-0.39, 0.29) is 11.9 Å². The van der Waals surface area contributed by atoms with E-state index in [9.17, 15) is 4.79 Å². The summed E-state index contributed by atoms with van der Waals surface area (Å²) in [4.78, 5) is 18.0. The maximum atomic E-state index is 11.8. The van der Waals surface area contributed by atoms with E-state index in [1.165, 1.54) is 0 Å². The largest absolute Gasteiger partial charge is 0.466 e. The van der Waals surface area contributed by atoms with E-state index >= 15 is 0 Å². The summed E-state index contributed by atoms with van der Waals surface area (Å²) in [6.45, 7) is 4.87. The summed E-state index contributed by atoms with van der Waals surface area (Å²) in [6.07, 6.45) is 3.67. The van der Waals surface area contributed by atoms with Crippen LogP contribution in [0.25, 0.3) is 0 Å². The fourth-order valence-electron chi connectivity index (χ4n) is 2.45. The van der Waals surface area contributed by atoms with Gasteiger partial charge in [0, 0.05) is 19.3 Å². The van der Waals surface area contributed by atoms with Gasteiger partial charge in [0.25, 0.3) is 0 Å². The third-order valence-electron chi connectivity index (χ3n) is 3.32. The van der Waals surface area contributed by atoms with Crippen LogP contribution in [0.4, 0.5) is 0 Å². The Morgan fingerprint density at radius 2 is 2.47 bits per heavy atom. The molecule has 5 heteroatoms. The lowest BCUT2D eigenvalue weighted by Gasteiger charge is -2.31. The van der Waals surface area contributed by atoms with Crippen molar-refractivity contribution in [3.8, 4) is 0 Å². The summed E-state index contributed by atoms with van der Waals surface area (Å²) in [5.74, 6) is -0.0639. The van der Waals surface area contributed by atoms with Crippen LogP contribution in [0.3, 0.4) is 0 Å². The van der Waals surface area contributed by atoms with E-state index < -0.39 is 0 Å². The van der Waals surface area contributed by atoms with E-state index in [4.69, 9.17) is 16.3 Å². The minimum atomic E-state index is -0.0695. The molecule has 0 unspecified atom stereocenters. The number of likely N-dealkylation sites (tertiary alicyclic amines) is 1. The van der Waals surface area contributed by atoms with Crippen LogP contribution >= 0.6 is 11.6 Å². The summed E-state index contributed by atoms with van der Waals surface area (Å²) < 4.78 is 5.10. The van der Waals surface area contributed by atoms with Crippen LogP contribution in [0.1, 0.15) is 25.3 Å². The van der Waals surface area contributed by atoms with Crippen molar-refractivity contribution < 1.29 is 9.53 Å². The number of aromatic nitrogens is 1. The smallest absolute Gasteiger partial charge is 0.310 e. The molecule has 0 spiro atoms. The third kappa shape index (κ3) is 4.18. The van der Waals surface area contributed by atoms with Gasteiger partial charge < -0.3 is 4.74 Å². The van der Waals surface area contributed by atoms with Gasteiger partial charge >= 0.3 is 5.97 Å². The Kier molecular flexibility index (Phi) is 5.16. The molecule has 0 aromatic carbocycles. The highest BCUT2D eigenvalue weighted by atomic mass is 35.5. The highest BCUT2D eigenvalue weighted by Gasteiger charge is 2.26. The number of rotatable bonds is 4. The first-order chi connectivity index (χ1) is 9.19. The Hall–Kier alpha value is -1.13. The molecule has 1 aliphatic rings. The Morgan fingerprint density at radius 3 is 3.21 bits per heavy atom. The van der Waals surface area contributed by atoms with Crippen molar-refractivity contribution in [2.45, 2.75) is 26.3 Å².